The fraction of sp³-hybridized carbons (Fsp3) is 0.364. The highest BCUT2D eigenvalue weighted by Gasteiger charge is 2.24. The molecule has 0 saturated heterocycles. The summed E-state index contributed by atoms with van der Waals surface area (Å²) in [5.41, 5.74) is 2.01. The van der Waals surface area contributed by atoms with E-state index in [1.165, 1.54) is 5.56 Å². The number of halogens is 1. The minimum atomic E-state index is -0.00953. The molecular formula is C22H29IN4O3. The predicted molar refractivity (Wildman–Crippen MR) is 130 cm³/mol. The van der Waals surface area contributed by atoms with Crippen LogP contribution in [0, 0.1) is 0 Å². The third kappa shape index (κ3) is 6.01. The normalized spacial score (nSPS) is 13.1. The van der Waals surface area contributed by atoms with Crippen LogP contribution in [0.15, 0.2) is 53.5 Å². The number of anilines is 1. The van der Waals surface area contributed by atoms with Crippen LogP contribution in [0.2, 0.25) is 0 Å². The monoisotopic (exact) mass is 524 g/mol. The van der Waals surface area contributed by atoms with Gasteiger partial charge in [0.25, 0.3) is 5.91 Å². The molecule has 2 aromatic carbocycles. The number of para-hydroxylation sites is 2. The lowest BCUT2D eigenvalue weighted by atomic mass is 10.2. The molecule has 1 aliphatic rings. The molecule has 2 aromatic rings. The maximum atomic E-state index is 12.2. The van der Waals surface area contributed by atoms with Crippen molar-refractivity contribution in [1.82, 2.24) is 10.2 Å². The molecule has 0 unspecified atom stereocenters. The number of fused-ring (bicyclic) bond motifs is 1. The molecule has 0 aromatic heterocycles. The van der Waals surface area contributed by atoms with Gasteiger partial charge in [-0.3, -0.25) is 9.79 Å². The molecule has 0 atom stereocenters. The van der Waals surface area contributed by atoms with Gasteiger partial charge in [0.15, 0.2) is 12.6 Å². The van der Waals surface area contributed by atoms with Crippen molar-refractivity contribution in [3.8, 4) is 11.5 Å². The zero-order valence-electron chi connectivity index (χ0n) is 17.6. The minimum absolute atomic E-state index is 0. The second-order valence-electron chi connectivity index (χ2n) is 6.83. The largest absolute Gasteiger partial charge is 0.497 e. The number of rotatable bonds is 7. The van der Waals surface area contributed by atoms with Crippen molar-refractivity contribution in [3.63, 3.8) is 0 Å². The van der Waals surface area contributed by atoms with Gasteiger partial charge in [-0.15, -0.1) is 24.0 Å². The van der Waals surface area contributed by atoms with Gasteiger partial charge in [0.2, 0.25) is 0 Å². The first-order valence-corrected chi connectivity index (χ1v) is 9.69. The van der Waals surface area contributed by atoms with E-state index >= 15 is 0 Å². The van der Waals surface area contributed by atoms with Gasteiger partial charge in [-0.05, 0) is 36.2 Å². The van der Waals surface area contributed by atoms with Crippen molar-refractivity contribution < 1.29 is 14.3 Å². The number of benzene rings is 2. The summed E-state index contributed by atoms with van der Waals surface area (Å²) in [6.07, 6.45) is 0.801. The summed E-state index contributed by atoms with van der Waals surface area (Å²) < 4.78 is 10.7. The first-order chi connectivity index (χ1) is 14.1. The fourth-order valence-electron chi connectivity index (χ4n) is 3.30. The topological polar surface area (TPSA) is 66.4 Å². The number of hydrogen-bond donors (Lipinski definition) is 1. The van der Waals surface area contributed by atoms with E-state index in [2.05, 4.69) is 15.2 Å². The van der Waals surface area contributed by atoms with E-state index in [9.17, 15) is 4.79 Å². The molecule has 0 radical (unpaired) electrons. The lowest BCUT2D eigenvalue weighted by Crippen LogP contribution is -2.42. The number of methoxy groups -OCH3 is 1. The van der Waals surface area contributed by atoms with Crippen molar-refractivity contribution in [2.75, 3.05) is 45.8 Å². The van der Waals surface area contributed by atoms with Crippen LogP contribution in [0.3, 0.4) is 0 Å². The fourth-order valence-corrected chi connectivity index (χ4v) is 3.30. The van der Waals surface area contributed by atoms with E-state index in [1.807, 2.05) is 55.6 Å². The molecule has 0 saturated carbocycles. The average Bonchev–Trinajstić information content (AvgIpc) is 2.75. The second kappa shape index (κ2) is 11.6. The van der Waals surface area contributed by atoms with E-state index in [1.54, 1.807) is 19.1 Å². The number of carbonyl (C=O) groups is 1. The first kappa shape index (κ1) is 23.8. The maximum Gasteiger partial charge on any atom is 0.265 e. The zero-order valence-corrected chi connectivity index (χ0v) is 20.0. The number of hydrogen-bond acceptors (Lipinski definition) is 4. The summed E-state index contributed by atoms with van der Waals surface area (Å²) in [4.78, 5) is 20.5. The van der Waals surface area contributed by atoms with Gasteiger partial charge in [0.1, 0.15) is 11.5 Å². The highest BCUT2D eigenvalue weighted by molar-refractivity contribution is 14.0. The average molecular weight is 524 g/mol. The van der Waals surface area contributed by atoms with E-state index in [0.29, 0.717) is 13.1 Å². The Labute approximate surface area is 195 Å². The van der Waals surface area contributed by atoms with Crippen LogP contribution in [-0.4, -0.2) is 57.7 Å². The van der Waals surface area contributed by atoms with Crippen molar-refractivity contribution in [1.29, 1.82) is 0 Å². The summed E-state index contributed by atoms with van der Waals surface area (Å²) in [7, 11) is 5.44. The van der Waals surface area contributed by atoms with Crippen LogP contribution < -0.4 is 19.7 Å². The lowest BCUT2D eigenvalue weighted by molar-refractivity contribution is -0.121. The Balaban J connectivity index is 0.00000320. The zero-order chi connectivity index (χ0) is 20.6. The number of amides is 1. The summed E-state index contributed by atoms with van der Waals surface area (Å²) in [6.45, 7) is 2.17. The van der Waals surface area contributed by atoms with Gasteiger partial charge in [0.05, 0.1) is 12.8 Å². The molecule has 1 amide bonds. The minimum Gasteiger partial charge on any atom is -0.497 e. The summed E-state index contributed by atoms with van der Waals surface area (Å²) in [5, 5.41) is 3.37. The maximum absolute atomic E-state index is 12.2. The Bertz CT molecular complexity index is 858. The number of nitrogens with zero attached hydrogens (tertiary/aromatic N) is 3. The SMILES string of the molecule is CN=C(NCCCN1C(=O)COc2ccccc21)N(C)Cc1ccc(OC)cc1.I. The van der Waals surface area contributed by atoms with Crippen LogP contribution in [-0.2, 0) is 11.3 Å². The third-order valence-electron chi connectivity index (χ3n) is 4.80. The van der Waals surface area contributed by atoms with E-state index < -0.39 is 0 Å². The van der Waals surface area contributed by atoms with Crippen molar-refractivity contribution in [2.45, 2.75) is 13.0 Å². The molecule has 1 N–H and O–H groups in total. The van der Waals surface area contributed by atoms with Crippen molar-refractivity contribution >= 4 is 41.5 Å². The number of guanidine groups is 1. The summed E-state index contributed by atoms with van der Waals surface area (Å²) >= 11 is 0. The summed E-state index contributed by atoms with van der Waals surface area (Å²) in [5.74, 6) is 2.41. The van der Waals surface area contributed by atoms with Crippen LogP contribution in [0.25, 0.3) is 0 Å². The molecule has 162 valence electrons. The van der Waals surface area contributed by atoms with Gasteiger partial charge in [-0.25, -0.2) is 0 Å². The van der Waals surface area contributed by atoms with Gasteiger partial charge in [-0.2, -0.15) is 0 Å². The molecule has 0 fully saturated rings. The van der Waals surface area contributed by atoms with Gasteiger partial charge >= 0.3 is 0 Å². The Hall–Kier alpha value is -2.49. The standard InChI is InChI=1S/C22H28N4O3.HI/c1-23-22(25(2)15-17-9-11-18(28-3)12-10-17)24-13-6-14-26-19-7-4-5-8-20(19)29-16-21(26)27;/h4-5,7-12H,6,13-16H2,1-3H3,(H,23,24);1H. The number of aliphatic imine (C=N–C) groups is 1. The molecule has 30 heavy (non-hydrogen) atoms. The van der Waals surface area contributed by atoms with Crippen molar-refractivity contribution in [2.24, 2.45) is 4.99 Å². The third-order valence-corrected chi connectivity index (χ3v) is 4.80. The van der Waals surface area contributed by atoms with E-state index in [0.717, 1.165) is 36.1 Å². The molecule has 7 nitrogen and oxygen atoms in total. The molecular weight excluding hydrogens is 495 g/mol. The number of ether oxygens (including phenoxy) is 2. The van der Waals surface area contributed by atoms with Crippen molar-refractivity contribution in [3.05, 3.63) is 54.1 Å². The quantitative estimate of drug-likeness (QED) is 0.261. The van der Waals surface area contributed by atoms with Crippen LogP contribution in [0.1, 0.15) is 12.0 Å². The van der Waals surface area contributed by atoms with Gasteiger partial charge in [0, 0.05) is 33.7 Å². The highest BCUT2D eigenvalue weighted by Crippen LogP contribution is 2.31. The highest BCUT2D eigenvalue weighted by atomic mass is 127. The van der Waals surface area contributed by atoms with Gasteiger partial charge in [-0.1, -0.05) is 24.3 Å². The van der Waals surface area contributed by atoms with E-state index in [-0.39, 0.29) is 36.5 Å². The molecule has 1 heterocycles. The van der Waals surface area contributed by atoms with Crippen LogP contribution >= 0.6 is 24.0 Å². The lowest BCUT2D eigenvalue weighted by Gasteiger charge is -2.29. The molecule has 0 spiro atoms. The first-order valence-electron chi connectivity index (χ1n) is 9.69. The smallest absolute Gasteiger partial charge is 0.265 e. The molecule has 0 bridgehead atoms. The van der Waals surface area contributed by atoms with Crippen LogP contribution in [0.5, 0.6) is 11.5 Å². The predicted octanol–water partition coefficient (Wildman–Crippen LogP) is 3.14. The van der Waals surface area contributed by atoms with Crippen LogP contribution in [0.4, 0.5) is 5.69 Å². The summed E-state index contributed by atoms with van der Waals surface area (Å²) in [6, 6.07) is 15.6. The van der Waals surface area contributed by atoms with Gasteiger partial charge < -0.3 is 24.6 Å². The Morgan fingerprint density at radius 2 is 1.97 bits per heavy atom. The Morgan fingerprint density at radius 1 is 1.23 bits per heavy atom. The molecule has 3 rings (SSSR count). The molecule has 0 aliphatic carbocycles. The number of carbonyl (C=O) groups excluding carboxylic acids is 1. The number of nitrogens with one attached hydrogen (secondary N) is 1. The van der Waals surface area contributed by atoms with E-state index in [4.69, 9.17) is 9.47 Å². The molecule has 1 aliphatic heterocycles. The second-order valence-corrected chi connectivity index (χ2v) is 6.83. The molecule has 8 heteroatoms. The Kier molecular flexibility index (Phi) is 9.22. The Morgan fingerprint density at radius 3 is 2.67 bits per heavy atom.